The lowest BCUT2D eigenvalue weighted by atomic mass is 9.97. The van der Waals surface area contributed by atoms with E-state index in [0.29, 0.717) is 33.9 Å². The normalized spacial score (nSPS) is 11.5. The van der Waals surface area contributed by atoms with Gasteiger partial charge < -0.3 is 35.6 Å². The molecule has 0 bridgehead atoms. The summed E-state index contributed by atoms with van der Waals surface area (Å²) in [5.41, 5.74) is 24.6. The molecule has 0 unspecified atom stereocenters. The first-order valence-corrected chi connectivity index (χ1v) is 47.3. The van der Waals surface area contributed by atoms with Crippen LogP contribution in [0.1, 0.15) is 314 Å². The SMILES string of the molecule is CCCCCCCCc1ccc(-c2ccc(C(=O)n3cnc(NC(C)=O)n3)cc2)cc1.CCCCCCCc1ccc(-c2ccc(C(=O)O)cc2)cc1.CCCCCCCc1ccc(-c2ccc(C(=O)O)cc2)cc1.CCCCCCOc1cc(C)c(-c2ccc(C(=O)O)cc2)cc1C.CCCCCCOc1ccc(-c2ccc(C(=O)O)cc2)cc1.NC1CCCCCC1. The van der Waals surface area contributed by atoms with E-state index in [-0.39, 0.29) is 17.8 Å². The number of anilines is 1. The molecule has 17 heteroatoms. The van der Waals surface area contributed by atoms with Gasteiger partial charge in [-0.1, -0.05) is 328 Å². The number of nitrogens with two attached hydrogens (primary N) is 1. The standard InChI is InChI=1S/C25H30N4O2.C21H26O3.2C20H24O2.C19H22O3.C7H15N/c1-3-4-5-6-7-8-9-20-10-12-21(13-11-20)22-14-16-23(17-15-22)24(31)29-18-26-25(28-29)27-19(2)30;1-4-5-6-7-12-24-20-14-15(2)19(13-16(20)3)17-8-10-18(11-9-17)21(22)23;2*1-2-3-4-5-6-7-16-8-10-17(11-9-16)18-12-14-19(15-13-18)20(21)22;1-2-3-4-5-14-22-18-12-10-16(11-13-18)15-6-8-17(9-7-15)19(20)21;8-7-5-3-1-2-4-6-7/h10-18H,3-9H2,1-2H3,(H,27,28,30);8-11,13-14H,4-7,12H2,1-3H3,(H,22,23);2*8-15H,2-7H2,1H3,(H,21,22);6-13H,2-5,14H2,1H3,(H,20,21);7H,1-6,8H2. The van der Waals surface area contributed by atoms with E-state index >= 15 is 0 Å². The van der Waals surface area contributed by atoms with Gasteiger partial charge >= 0.3 is 23.9 Å². The number of nitrogens with one attached hydrogen (secondary N) is 1. The summed E-state index contributed by atoms with van der Waals surface area (Å²) in [5.74, 6) is -2.23. The molecule has 7 N–H and O–H groups in total. The number of amides is 1. The summed E-state index contributed by atoms with van der Waals surface area (Å²) in [6, 6.07) is 73.9. The fourth-order valence-electron chi connectivity index (χ4n) is 15.0. The highest BCUT2D eigenvalue weighted by Gasteiger charge is 2.16. The first kappa shape index (κ1) is 104. The number of hydrogen-bond acceptors (Lipinski definition) is 11. The average molecular weight is 1750 g/mol. The summed E-state index contributed by atoms with van der Waals surface area (Å²) < 4.78 is 12.8. The number of unbranched alkanes of at least 4 members (excludes halogenated alkanes) is 19. The molecule has 17 nitrogen and oxygen atoms in total. The molecular weight excluding hydrogens is 1610 g/mol. The minimum absolute atomic E-state index is 0.110. The molecule has 129 heavy (non-hydrogen) atoms. The second-order valence-corrected chi connectivity index (χ2v) is 33.6. The number of ether oxygens (including phenoxy) is 2. The highest BCUT2D eigenvalue weighted by molar-refractivity contribution is 5.96. The molecule has 686 valence electrons. The smallest absolute Gasteiger partial charge is 0.335 e. The molecule has 11 aromatic rings. The second kappa shape index (κ2) is 59.9. The predicted molar refractivity (Wildman–Crippen MR) is 528 cm³/mol. The van der Waals surface area contributed by atoms with Gasteiger partial charge in [0.1, 0.15) is 17.8 Å². The summed E-state index contributed by atoms with van der Waals surface area (Å²) >= 11 is 0. The van der Waals surface area contributed by atoms with Crippen molar-refractivity contribution in [2.45, 2.75) is 273 Å². The topological polar surface area (TPSA) is 271 Å². The second-order valence-electron chi connectivity index (χ2n) is 33.6. The van der Waals surface area contributed by atoms with Gasteiger partial charge in [0.25, 0.3) is 5.91 Å². The number of carbonyl (C=O) groups excluding carboxylic acids is 2. The first-order valence-electron chi connectivity index (χ1n) is 47.3. The van der Waals surface area contributed by atoms with E-state index in [1.165, 1.54) is 210 Å². The molecule has 1 heterocycles. The van der Waals surface area contributed by atoms with E-state index in [9.17, 15) is 28.8 Å². The number of hydrogen-bond donors (Lipinski definition) is 6. The molecule has 0 radical (unpaired) electrons. The Morgan fingerprint density at radius 1 is 0.357 bits per heavy atom. The molecule has 0 spiro atoms. The molecule has 0 atom stereocenters. The Hall–Kier alpha value is -12.1. The van der Waals surface area contributed by atoms with Gasteiger partial charge in [0.2, 0.25) is 11.9 Å². The van der Waals surface area contributed by atoms with Crippen LogP contribution >= 0.6 is 0 Å². The molecule has 10 aromatic carbocycles. The lowest BCUT2D eigenvalue weighted by Crippen LogP contribution is -2.17. The molecular formula is C112H141N5O12. The first-order chi connectivity index (χ1) is 62.6. The number of carbonyl (C=O) groups is 6. The van der Waals surface area contributed by atoms with Gasteiger partial charge in [0.05, 0.1) is 35.5 Å². The molecule has 12 rings (SSSR count). The van der Waals surface area contributed by atoms with Gasteiger partial charge in [-0.15, -0.1) is 5.10 Å². The van der Waals surface area contributed by atoms with Crippen LogP contribution in [-0.4, -0.2) is 90.1 Å². The largest absolute Gasteiger partial charge is 0.494 e. The zero-order chi connectivity index (χ0) is 92.8. The Morgan fingerprint density at radius 3 is 0.984 bits per heavy atom. The summed E-state index contributed by atoms with van der Waals surface area (Å²) in [6.07, 6.45) is 43.3. The number of aromatic nitrogens is 3. The fourth-order valence-corrected chi connectivity index (χ4v) is 15.0. The summed E-state index contributed by atoms with van der Waals surface area (Å²) in [6.45, 7) is 18.1. The molecule has 0 aliphatic heterocycles. The zero-order valence-electron chi connectivity index (χ0n) is 77.8. The third-order valence-corrected chi connectivity index (χ3v) is 22.9. The molecule has 1 saturated carbocycles. The summed E-state index contributed by atoms with van der Waals surface area (Å²) in [5, 5.41) is 42.2. The van der Waals surface area contributed by atoms with Gasteiger partial charge in [-0.25, -0.2) is 19.2 Å². The van der Waals surface area contributed by atoms with E-state index < -0.39 is 23.9 Å². The lowest BCUT2D eigenvalue weighted by Gasteiger charge is -2.14. The molecule has 1 aliphatic rings. The Labute approximate surface area is 767 Å². The van der Waals surface area contributed by atoms with Crippen molar-refractivity contribution in [2.75, 3.05) is 18.5 Å². The average Bonchev–Trinajstić information content (AvgIpc) is 1.70. The Bertz CT molecular complexity index is 4780. The summed E-state index contributed by atoms with van der Waals surface area (Å²) in [4.78, 5) is 71.1. The van der Waals surface area contributed by atoms with Gasteiger partial charge in [-0.05, 0) is 246 Å². The van der Waals surface area contributed by atoms with Crippen LogP contribution in [0, 0.1) is 13.8 Å². The highest BCUT2D eigenvalue weighted by atomic mass is 16.5. The van der Waals surface area contributed by atoms with Gasteiger partial charge in [0.15, 0.2) is 0 Å². The van der Waals surface area contributed by atoms with Crippen molar-refractivity contribution in [3.05, 3.63) is 292 Å². The van der Waals surface area contributed by atoms with Crippen molar-refractivity contribution < 1.29 is 58.7 Å². The molecule has 1 fully saturated rings. The molecule has 1 aliphatic carbocycles. The van der Waals surface area contributed by atoms with Crippen LogP contribution in [-0.2, 0) is 24.1 Å². The van der Waals surface area contributed by atoms with Crippen LogP contribution < -0.4 is 20.5 Å². The van der Waals surface area contributed by atoms with Crippen LogP contribution in [0.4, 0.5) is 5.95 Å². The maximum Gasteiger partial charge on any atom is 0.335 e. The summed E-state index contributed by atoms with van der Waals surface area (Å²) in [7, 11) is 0. The van der Waals surface area contributed by atoms with Crippen molar-refractivity contribution >= 4 is 41.6 Å². The van der Waals surface area contributed by atoms with E-state index in [1.807, 2.05) is 84.9 Å². The third kappa shape index (κ3) is 39.2. The van der Waals surface area contributed by atoms with Crippen LogP contribution in [0.2, 0.25) is 0 Å². The van der Waals surface area contributed by atoms with E-state index in [2.05, 4.69) is 149 Å². The quantitative estimate of drug-likeness (QED) is 0.0153. The number of carboxylic acids is 4. The number of benzene rings is 10. The van der Waals surface area contributed by atoms with Gasteiger partial charge in [0, 0.05) is 18.5 Å². The lowest BCUT2D eigenvalue weighted by molar-refractivity contribution is -0.114. The van der Waals surface area contributed by atoms with Crippen LogP contribution in [0.3, 0.4) is 0 Å². The molecule has 1 aromatic heterocycles. The third-order valence-electron chi connectivity index (χ3n) is 22.9. The molecule has 1 amide bonds. The Morgan fingerprint density at radius 2 is 0.651 bits per heavy atom. The number of nitrogens with zero attached hydrogens (tertiary/aromatic N) is 3. The minimum Gasteiger partial charge on any atom is -0.494 e. The number of aryl methyl sites for hydroxylation is 5. The predicted octanol–water partition coefficient (Wildman–Crippen LogP) is 28.9. The Kier molecular flexibility index (Phi) is 48.3. The van der Waals surface area contributed by atoms with Crippen LogP contribution in [0.5, 0.6) is 11.5 Å². The van der Waals surface area contributed by atoms with Crippen LogP contribution in [0.25, 0.3) is 55.6 Å². The number of aromatic carboxylic acids is 4. The maximum atomic E-state index is 12.6. The number of carboxylic acid groups (broad SMARTS) is 4. The van der Waals surface area contributed by atoms with Crippen LogP contribution in [0.15, 0.2) is 237 Å². The van der Waals surface area contributed by atoms with Gasteiger partial charge in [-0.2, -0.15) is 9.67 Å². The zero-order valence-corrected chi connectivity index (χ0v) is 77.8. The van der Waals surface area contributed by atoms with E-state index in [0.717, 1.165) is 128 Å². The van der Waals surface area contributed by atoms with E-state index in [4.69, 9.17) is 35.6 Å². The van der Waals surface area contributed by atoms with Crippen molar-refractivity contribution in [2.24, 2.45) is 5.73 Å². The van der Waals surface area contributed by atoms with Crippen molar-refractivity contribution in [1.82, 2.24) is 14.8 Å². The Balaban J connectivity index is 0.000000217. The molecule has 0 saturated heterocycles. The maximum absolute atomic E-state index is 12.6. The van der Waals surface area contributed by atoms with Crippen molar-refractivity contribution in [3.63, 3.8) is 0 Å². The van der Waals surface area contributed by atoms with E-state index in [1.54, 1.807) is 60.7 Å². The monoisotopic (exact) mass is 1750 g/mol. The van der Waals surface area contributed by atoms with Gasteiger partial charge in [-0.3, -0.25) is 14.9 Å². The number of rotatable bonds is 42. The minimum atomic E-state index is -0.904. The fraction of sp³-hybridized carbons (Fsp3) is 0.393. The highest BCUT2D eigenvalue weighted by Crippen LogP contribution is 2.33. The van der Waals surface area contributed by atoms with Crippen molar-refractivity contribution in [3.8, 4) is 67.1 Å². The van der Waals surface area contributed by atoms with Crippen molar-refractivity contribution in [1.29, 1.82) is 0 Å².